The van der Waals surface area contributed by atoms with Crippen LogP contribution in [-0.2, 0) is 4.79 Å². The summed E-state index contributed by atoms with van der Waals surface area (Å²) in [7, 11) is 1.54. The molecular formula is C4H8N4O. The fourth-order valence-corrected chi connectivity index (χ4v) is 0.321. The predicted octanol–water partition coefficient (Wildman–Crippen LogP) is 0.433. The molecule has 0 radical (unpaired) electrons. The third-order valence-electron chi connectivity index (χ3n) is 0.781. The zero-order valence-corrected chi connectivity index (χ0v) is 5.16. The van der Waals surface area contributed by atoms with Crippen molar-refractivity contribution in [1.29, 1.82) is 0 Å². The van der Waals surface area contributed by atoms with Crippen LogP contribution in [0.25, 0.3) is 10.4 Å². The molecular weight excluding hydrogens is 122 g/mol. The van der Waals surface area contributed by atoms with Gasteiger partial charge in [0.05, 0.1) is 0 Å². The van der Waals surface area contributed by atoms with E-state index >= 15 is 0 Å². The average molecular weight is 130 g/mol. The molecule has 0 aromatic carbocycles. The van der Waals surface area contributed by atoms with Crippen molar-refractivity contribution < 1.29 is 4.79 Å². The highest BCUT2D eigenvalue weighted by molar-refractivity contribution is 5.75. The van der Waals surface area contributed by atoms with Crippen LogP contribution < -0.4 is 5.32 Å². The summed E-state index contributed by atoms with van der Waals surface area (Å²) in [6, 6.07) is 0. The van der Waals surface area contributed by atoms with E-state index in [2.05, 4.69) is 15.3 Å². The van der Waals surface area contributed by atoms with Crippen LogP contribution in [0.5, 0.6) is 0 Å². The van der Waals surface area contributed by atoms with Crippen LogP contribution in [0, 0.1) is 0 Å². The highest BCUT2D eigenvalue weighted by Crippen LogP contribution is 1.79. The van der Waals surface area contributed by atoms with Gasteiger partial charge in [-0.1, -0.05) is 5.11 Å². The zero-order valence-electron chi connectivity index (χ0n) is 5.16. The van der Waals surface area contributed by atoms with Gasteiger partial charge in [0.2, 0.25) is 5.91 Å². The van der Waals surface area contributed by atoms with E-state index in [1.807, 2.05) is 0 Å². The van der Waals surface area contributed by atoms with Gasteiger partial charge in [-0.2, -0.15) is 0 Å². The van der Waals surface area contributed by atoms with Crippen molar-refractivity contribution in [2.24, 2.45) is 5.11 Å². The standard InChI is InChI=1S/C4H8N4O/c1-6-4(9)2-3-7-8-5/h2-3H2,1H3,(H,6,9)/i1+1,6+1. The number of nitrogens with one attached hydrogen (secondary N) is 1. The van der Waals surface area contributed by atoms with E-state index in [-0.39, 0.29) is 18.9 Å². The summed E-state index contributed by atoms with van der Waals surface area (Å²) in [6.45, 7) is 0.232. The molecule has 1 N–H and O–H groups in total. The molecule has 9 heavy (non-hydrogen) atoms. The van der Waals surface area contributed by atoms with Gasteiger partial charge in [0, 0.05) is 24.9 Å². The van der Waals surface area contributed by atoms with Gasteiger partial charge in [0.1, 0.15) is 0 Å². The zero-order chi connectivity index (χ0) is 7.11. The van der Waals surface area contributed by atoms with Crippen molar-refractivity contribution in [2.45, 2.75) is 6.42 Å². The van der Waals surface area contributed by atoms with Gasteiger partial charge in [0.15, 0.2) is 0 Å². The lowest BCUT2D eigenvalue weighted by Crippen LogP contribution is -2.17. The van der Waals surface area contributed by atoms with Crippen molar-refractivity contribution in [3.05, 3.63) is 10.4 Å². The first-order chi connectivity index (χ1) is 4.31. The Bertz CT molecular complexity index is 138. The molecule has 0 rings (SSSR count). The average Bonchev–Trinajstić information content (AvgIpc) is 1.89. The largest absolute Gasteiger partial charge is 0.359 e. The van der Waals surface area contributed by atoms with Crippen molar-refractivity contribution in [3.8, 4) is 0 Å². The lowest BCUT2D eigenvalue weighted by atomic mass is 10.4. The maximum Gasteiger partial charge on any atom is 0.219 e. The van der Waals surface area contributed by atoms with Crippen molar-refractivity contribution >= 4 is 5.91 Å². The Hall–Kier alpha value is -1.22. The Morgan fingerprint density at radius 1 is 1.89 bits per heavy atom. The van der Waals surface area contributed by atoms with E-state index in [9.17, 15) is 4.79 Å². The fourth-order valence-electron chi connectivity index (χ4n) is 0.321. The van der Waals surface area contributed by atoms with E-state index in [1.165, 1.54) is 0 Å². The molecule has 0 aliphatic rings. The first-order valence-corrected chi connectivity index (χ1v) is 2.52. The molecule has 0 bridgehead atoms. The number of amides is 1. The number of rotatable bonds is 3. The van der Waals surface area contributed by atoms with Crippen molar-refractivity contribution in [2.75, 3.05) is 13.6 Å². The predicted molar refractivity (Wildman–Crippen MR) is 32.7 cm³/mol. The molecule has 0 aliphatic carbocycles. The van der Waals surface area contributed by atoms with Crippen LogP contribution in [-0.4, -0.2) is 19.5 Å². The molecule has 0 unspecified atom stereocenters. The van der Waals surface area contributed by atoms with Crippen molar-refractivity contribution in [3.63, 3.8) is 0 Å². The van der Waals surface area contributed by atoms with E-state index in [0.29, 0.717) is 0 Å². The van der Waals surface area contributed by atoms with Crippen LogP contribution >= 0.6 is 0 Å². The molecule has 0 saturated heterocycles. The molecule has 50 valence electrons. The second-order valence-electron chi connectivity index (χ2n) is 1.38. The number of azide groups is 1. The molecule has 0 aromatic heterocycles. The number of carbonyl (C=O) groups is 1. The minimum absolute atomic E-state index is 0.109. The Labute approximate surface area is 52.7 Å². The summed E-state index contributed by atoms with van der Waals surface area (Å²) in [5.74, 6) is -0.109. The minimum atomic E-state index is -0.109. The molecule has 0 heterocycles. The van der Waals surface area contributed by atoms with Gasteiger partial charge < -0.3 is 5.32 Å². The molecule has 1 amide bonds. The second-order valence-corrected chi connectivity index (χ2v) is 1.38. The first-order valence-electron chi connectivity index (χ1n) is 2.52. The third-order valence-corrected chi connectivity index (χ3v) is 0.781. The Balaban J connectivity index is 3.27. The smallest absolute Gasteiger partial charge is 0.219 e. The summed E-state index contributed by atoms with van der Waals surface area (Å²) in [5, 5.41) is 5.58. The highest BCUT2D eigenvalue weighted by atomic mass is 16.2. The molecule has 0 aromatic rings. The molecule has 0 spiro atoms. The van der Waals surface area contributed by atoms with Gasteiger partial charge in [-0.3, -0.25) is 4.79 Å². The molecule has 0 saturated carbocycles. The van der Waals surface area contributed by atoms with Crippen molar-refractivity contribution in [1.82, 2.24) is 5.32 Å². The van der Waals surface area contributed by atoms with Gasteiger partial charge in [-0.25, -0.2) is 0 Å². The van der Waals surface area contributed by atoms with Crippen LogP contribution in [0.15, 0.2) is 5.11 Å². The van der Waals surface area contributed by atoms with Gasteiger partial charge in [-0.05, 0) is 5.53 Å². The van der Waals surface area contributed by atoms with Gasteiger partial charge in [0.25, 0.3) is 0 Å². The number of nitrogens with zero attached hydrogens (tertiary/aromatic N) is 3. The topological polar surface area (TPSA) is 77.9 Å². The van der Waals surface area contributed by atoms with Crippen LogP contribution in [0.1, 0.15) is 6.42 Å². The second kappa shape index (κ2) is 4.93. The van der Waals surface area contributed by atoms with Crippen LogP contribution in [0.3, 0.4) is 0 Å². The molecule has 5 heteroatoms. The monoisotopic (exact) mass is 130 g/mol. The summed E-state index contributed by atoms with van der Waals surface area (Å²) < 4.78 is 0. The van der Waals surface area contributed by atoms with Gasteiger partial charge in [-0.15, -0.1) is 0 Å². The molecule has 5 nitrogen and oxygen atoms in total. The number of carbonyl (C=O) groups excluding carboxylic acids is 1. The molecule has 0 atom stereocenters. The van der Waals surface area contributed by atoms with Crippen LogP contribution in [0.2, 0.25) is 0 Å². The Kier molecular flexibility index (Phi) is 4.26. The lowest BCUT2D eigenvalue weighted by Gasteiger charge is -1.91. The van der Waals surface area contributed by atoms with E-state index < -0.39 is 0 Å². The Morgan fingerprint density at radius 3 is 3.00 bits per heavy atom. The number of hydrogen-bond acceptors (Lipinski definition) is 2. The van der Waals surface area contributed by atoms with E-state index in [0.717, 1.165) is 0 Å². The minimum Gasteiger partial charge on any atom is -0.359 e. The highest BCUT2D eigenvalue weighted by Gasteiger charge is 1.92. The van der Waals surface area contributed by atoms with E-state index in [4.69, 9.17) is 5.53 Å². The quantitative estimate of drug-likeness (QED) is 0.194. The summed E-state index contributed by atoms with van der Waals surface area (Å²) in [6.07, 6.45) is 0.264. The maximum absolute atomic E-state index is 10.4. The summed E-state index contributed by atoms with van der Waals surface area (Å²) in [5.41, 5.74) is 7.78. The molecule has 0 fully saturated rings. The van der Waals surface area contributed by atoms with Crippen LogP contribution in [0.4, 0.5) is 0 Å². The summed E-state index contributed by atoms with van der Waals surface area (Å²) in [4.78, 5) is 12.9. The maximum atomic E-state index is 10.4. The lowest BCUT2D eigenvalue weighted by molar-refractivity contribution is -0.120. The summed E-state index contributed by atoms with van der Waals surface area (Å²) >= 11 is 0. The first kappa shape index (κ1) is 7.78. The third kappa shape index (κ3) is 4.64. The van der Waals surface area contributed by atoms with E-state index in [1.54, 1.807) is 7.05 Å². The SMILES string of the molecule is [13CH3][15NH]C(=O)CCN=[N+]=[N-]. The fraction of sp³-hybridized carbons (Fsp3) is 0.750. The van der Waals surface area contributed by atoms with Gasteiger partial charge >= 0.3 is 0 Å². The normalized spacial score (nSPS) is 7.67. The number of hydrogen-bond donors (Lipinski definition) is 1. The Morgan fingerprint density at radius 2 is 2.56 bits per heavy atom. The molecule has 0 aliphatic heterocycles.